The summed E-state index contributed by atoms with van der Waals surface area (Å²) >= 11 is 0. The van der Waals surface area contributed by atoms with Gasteiger partial charge >= 0.3 is 5.69 Å². The summed E-state index contributed by atoms with van der Waals surface area (Å²) in [7, 11) is 0. The molecule has 0 spiro atoms. The third kappa shape index (κ3) is 4.12. The maximum Gasteiger partial charge on any atom is 0.330 e. The first-order valence-electron chi connectivity index (χ1n) is 8.39. The lowest BCUT2D eigenvalue weighted by Crippen LogP contribution is -2.51. The van der Waals surface area contributed by atoms with Gasteiger partial charge in [0.25, 0.3) is 5.56 Å². The number of hydrogen-bond donors (Lipinski definition) is 6. The fraction of sp³-hybridized carbons (Fsp3) is 0.733. The highest BCUT2D eigenvalue weighted by atomic mass is 16.7. The van der Waals surface area contributed by atoms with Crippen molar-refractivity contribution >= 4 is 0 Å². The molecule has 0 bridgehead atoms. The van der Waals surface area contributed by atoms with E-state index in [1.165, 1.54) is 0 Å². The second kappa shape index (κ2) is 8.16. The molecule has 2 fully saturated rings. The second-order valence-corrected chi connectivity index (χ2v) is 6.48. The third-order valence-corrected chi connectivity index (χ3v) is 4.62. The van der Waals surface area contributed by atoms with Gasteiger partial charge in [-0.2, -0.15) is 0 Å². The number of aliphatic hydroxyl groups is 5. The van der Waals surface area contributed by atoms with Gasteiger partial charge in [0.05, 0.1) is 19.3 Å². The molecule has 3 rings (SSSR count). The van der Waals surface area contributed by atoms with E-state index >= 15 is 0 Å². The van der Waals surface area contributed by atoms with Gasteiger partial charge in [-0.05, 0) is 0 Å². The van der Waals surface area contributed by atoms with E-state index in [2.05, 4.69) is 0 Å². The largest absolute Gasteiger partial charge is 0.394 e. The van der Waals surface area contributed by atoms with Crippen LogP contribution < -0.4 is 11.2 Å². The first-order chi connectivity index (χ1) is 12.8. The van der Waals surface area contributed by atoms with Crippen molar-refractivity contribution in [2.45, 2.75) is 55.6 Å². The van der Waals surface area contributed by atoms with E-state index in [-0.39, 0.29) is 13.0 Å². The van der Waals surface area contributed by atoms with Crippen molar-refractivity contribution in [2.75, 3.05) is 13.2 Å². The van der Waals surface area contributed by atoms with Crippen LogP contribution in [0.3, 0.4) is 0 Å². The number of hydrogen-bond acceptors (Lipinski definition) is 10. The van der Waals surface area contributed by atoms with Crippen molar-refractivity contribution in [1.82, 2.24) is 9.55 Å². The quantitative estimate of drug-likeness (QED) is 0.290. The van der Waals surface area contributed by atoms with E-state index < -0.39 is 67.0 Å². The Labute approximate surface area is 152 Å². The highest BCUT2D eigenvalue weighted by molar-refractivity contribution is 4.93. The molecule has 8 atom stereocenters. The Morgan fingerprint density at radius 1 is 1.11 bits per heavy atom. The van der Waals surface area contributed by atoms with Gasteiger partial charge in [-0.15, -0.1) is 0 Å². The van der Waals surface area contributed by atoms with Crippen molar-refractivity contribution < 1.29 is 39.7 Å². The predicted octanol–water partition coefficient (Wildman–Crippen LogP) is -4.00. The van der Waals surface area contributed by atoms with Crippen LogP contribution in [0.2, 0.25) is 0 Å². The lowest BCUT2D eigenvalue weighted by molar-refractivity contribution is -0.264. The molecular weight excluding hydrogens is 368 g/mol. The van der Waals surface area contributed by atoms with Crippen LogP contribution in [0.25, 0.3) is 0 Å². The topological polar surface area (TPSA) is 184 Å². The Balaban J connectivity index is 1.63. The molecule has 2 aliphatic heterocycles. The summed E-state index contributed by atoms with van der Waals surface area (Å²) in [4.78, 5) is 25.0. The molecule has 0 radical (unpaired) electrons. The number of H-pyrrole nitrogens is 1. The monoisotopic (exact) mass is 390 g/mol. The summed E-state index contributed by atoms with van der Waals surface area (Å²) in [6.45, 7) is -0.769. The van der Waals surface area contributed by atoms with Gasteiger partial charge in [-0.25, -0.2) is 4.79 Å². The fourth-order valence-electron chi connectivity index (χ4n) is 3.10. The minimum atomic E-state index is -1.45. The molecule has 0 saturated carbocycles. The SMILES string of the molecule is O=c1ccn([C@@H]2O[C@H](CO[C@@H]3C[C@@H](O)[C@H](O)[C@@H](CO)O3)[C@@H](O)[C@H]2O)c(=O)[nH]1. The number of ether oxygens (including phenoxy) is 3. The minimum Gasteiger partial charge on any atom is -0.394 e. The van der Waals surface area contributed by atoms with Gasteiger partial charge in [-0.3, -0.25) is 14.3 Å². The van der Waals surface area contributed by atoms with Gasteiger partial charge < -0.3 is 39.7 Å². The van der Waals surface area contributed by atoms with E-state index in [1.807, 2.05) is 4.98 Å². The van der Waals surface area contributed by atoms with Crippen LogP contribution in [0.5, 0.6) is 0 Å². The number of aromatic nitrogens is 2. The molecule has 1 aromatic rings. The molecule has 152 valence electrons. The summed E-state index contributed by atoms with van der Waals surface area (Å²) in [5, 5.41) is 48.9. The van der Waals surface area contributed by atoms with Crippen LogP contribution in [0, 0.1) is 0 Å². The molecule has 0 aromatic carbocycles. The van der Waals surface area contributed by atoms with Gasteiger partial charge in [-0.1, -0.05) is 0 Å². The summed E-state index contributed by atoms with van der Waals surface area (Å²) in [6, 6.07) is 1.07. The Hall–Kier alpha value is -1.64. The lowest BCUT2D eigenvalue weighted by atomic mass is 10.0. The molecule has 0 aliphatic carbocycles. The van der Waals surface area contributed by atoms with Crippen LogP contribution >= 0.6 is 0 Å². The van der Waals surface area contributed by atoms with E-state index in [9.17, 15) is 30.0 Å². The predicted molar refractivity (Wildman–Crippen MR) is 85.6 cm³/mol. The normalized spacial score (nSPS) is 39.6. The number of nitrogens with one attached hydrogen (secondary N) is 1. The lowest BCUT2D eigenvalue weighted by Gasteiger charge is -2.36. The average Bonchev–Trinajstić information content (AvgIpc) is 2.91. The zero-order chi connectivity index (χ0) is 19.7. The van der Waals surface area contributed by atoms with Gasteiger partial charge in [0.15, 0.2) is 12.5 Å². The van der Waals surface area contributed by atoms with E-state index in [0.29, 0.717) is 0 Å². The number of aromatic amines is 1. The standard InChI is InChI=1S/C15H22N2O10/c18-4-7-11(21)6(19)3-10(26-7)25-5-8-12(22)13(23)14(27-8)17-2-1-9(20)16-15(17)24/h1-2,6-8,10-14,18-19,21-23H,3-5H2,(H,16,20,24)/t6-,7-,8-,10+,11+,12-,13-,14-/m1/s1. The summed E-state index contributed by atoms with van der Waals surface area (Å²) in [6.07, 6.45) is -8.42. The van der Waals surface area contributed by atoms with E-state index in [0.717, 1.165) is 16.8 Å². The van der Waals surface area contributed by atoms with Crippen molar-refractivity contribution in [3.05, 3.63) is 33.1 Å². The molecule has 0 amide bonds. The average molecular weight is 390 g/mol. The first-order valence-corrected chi connectivity index (χ1v) is 8.39. The number of aliphatic hydroxyl groups excluding tert-OH is 5. The molecule has 3 heterocycles. The highest BCUT2D eigenvalue weighted by Crippen LogP contribution is 2.29. The maximum atomic E-state index is 11.8. The first kappa shape index (κ1) is 20.1. The van der Waals surface area contributed by atoms with Crippen LogP contribution in [0.4, 0.5) is 0 Å². The molecule has 6 N–H and O–H groups in total. The molecular formula is C15H22N2O10. The van der Waals surface area contributed by atoms with Gasteiger partial charge in [0.1, 0.15) is 30.5 Å². The van der Waals surface area contributed by atoms with Crippen LogP contribution in [0.15, 0.2) is 21.9 Å². The van der Waals surface area contributed by atoms with Crippen molar-refractivity contribution in [2.24, 2.45) is 0 Å². The fourth-order valence-corrected chi connectivity index (χ4v) is 3.10. The molecule has 0 unspecified atom stereocenters. The zero-order valence-electron chi connectivity index (χ0n) is 14.1. The Morgan fingerprint density at radius 2 is 1.85 bits per heavy atom. The Bertz CT molecular complexity index is 751. The van der Waals surface area contributed by atoms with Crippen LogP contribution in [-0.4, -0.2) is 91.2 Å². The minimum absolute atomic E-state index is 0.0636. The van der Waals surface area contributed by atoms with E-state index in [4.69, 9.17) is 19.3 Å². The number of rotatable bonds is 5. The van der Waals surface area contributed by atoms with Crippen LogP contribution in [-0.2, 0) is 14.2 Å². The van der Waals surface area contributed by atoms with Gasteiger partial charge in [0.2, 0.25) is 0 Å². The van der Waals surface area contributed by atoms with Crippen LogP contribution in [0.1, 0.15) is 12.6 Å². The molecule has 12 heteroatoms. The van der Waals surface area contributed by atoms with Crippen molar-refractivity contribution in [3.8, 4) is 0 Å². The maximum absolute atomic E-state index is 11.8. The zero-order valence-corrected chi connectivity index (χ0v) is 14.1. The molecule has 12 nitrogen and oxygen atoms in total. The summed E-state index contributed by atoms with van der Waals surface area (Å²) < 4.78 is 17.2. The summed E-state index contributed by atoms with van der Waals surface area (Å²) in [5.74, 6) is 0. The van der Waals surface area contributed by atoms with Gasteiger partial charge in [0, 0.05) is 18.7 Å². The molecule has 1 aromatic heterocycles. The van der Waals surface area contributed by atoms with E-state index in [1.54, 1.807) is 0 Å². The van der Waals surface area contributed by atoms with Crippen molar-refractivity contribution in [1.29, 1.82) is 0 Å². The highest BCUT2D eigenvalue weighted by Gasteiger charge is 2.45. The molecule has 2 saturated heterocycles. The smallest absolute Gasteiger partial charge is 0.330 e. The van der Waals surface area contributed by atoms with Crippen molar-refractivity contribution in [3.63, 3.8) is 0 Å². The second-order valence-electron chi connectivity index (χ2n) is 6.48. The Kier molecular flexibility index (Phi) is 6.08. The molecule has 2 aliphatic rings. The Morgan fingerprint density at radius 3 is 2.52 bits per heavy atom. The summed E-state index contributed by atoms with van der Waals surface area (Å²) in [5.41, 5.74) is -1.42. The third-order valence-electron chi connectivity index (χ3n) is 4.62. The number of nitrogens with zero attached hydrogens (tertiary/aromatic N) is 1. The molecule has 27 heavy (non-hydrogen) atoms.